The first kappa shape index (κ1) is 11.0. The SMILES string of the molecule is COc1cc(Br)c(C)c(-c2cc(N)on2)c1. The number of nitrogen functional groups attached to an aromatic ring is 1. The van der Waals surface area contributed by atoms with E-state index in [-0.39, 0.29) is 0 Å². The molecule has 2 N–H and O–H groups in total. The largest absolute Gasteiger partial charge is 0.497 e. The Kier molecular flexibility index (Phi) is 2.87. The average Bonchev–Trinajstić information content (AvgIpc) is 2.68. The number of hydrogen-bond acceptors (Lipinski definition) is 4. The van der Waals surface area contributed by atoms with Gasteiger partial charge in [0, 0.05) is 16.1 Å². The molecule has 0 bridgehead atoms. The van der Waals surface area contributed by atoms with Crippen molar-refractivity contribution in [2.75, 3.05) is 12.8 Å². The fraction of sp³-hybridized carbons (Fsp3) is 0.182. The van der Waals surface area contributed by atoms with E-state index in [9.17, 15) is 0 Å². The third-order valence-electron chi connectivity index (χ3n) is 2.36. The maximum absolute atomic E-state index is 5.50. The van der Waals surface area contributed by atoms with Gasteiger partial charge in [-0.1, -0.05) is 21.1 Å². The minimum absolute atomic E-state index is 0.299. The van der Waals surface area contributed by atoms with Crippen LogP contribution in [0.1, 0.15) is 5.56 Å². The van der Waals surface area contributed by atoms with E-state index in [2.05, 4.69) is 21.1 Å². The molecule has 2 rings (SSSR count). The van der Waals surface area contributed by atoms with E-state index in [0.29, 0.717) is 11.6 Å². The van der Waals surface area contributed by atoms with Crippen molar-refractivity contribution in [3.8, 4) is 17.0 Å². The minimum Gasteiger partial charge on any atom is -0.497 e. The molecule has 1 aromatic carbocycles. The fourth-order valence-corrected chi connectivity index (χ4v) is 1.89. The highest BCUT2D eigenvalue weighted by Crippen LogP contribution is 2.33. The summed E-state index contributed by atoms with van der Waals surface area (Å²) in [7, 11) is 1.62. The molecule has 2 aromatic rings. The first-order chi connectivity index (χ1) is 7.61. The lowest BCUT2D eigenvalue weighted by molar-refractivity contribution is 0.414. The molecule has 4 nitrogen and oxygen atoms in total. The molecule has 0 fully saturated rings. The van der Waals surface area contributed by atoms with Gasteiger partial charge in [-0.15, -0.1) is 0 Å². The van der Waals surface area contributed by atoms with E-state index in [0.717, 1.165) is 21.3 Å². The summed E-state index contributed by atoms with van der Waals surface area (Å²) in [6.07, 6.45) is 0. The van der Waals surface area contributed by atoms with Crippen molar-refractivity contribution in [1.82, 2.24) is 5.16 Å². The molecule has 0 saturated carbocycles. The predicted octanol–water partition coefficient (Wildman–Crippen LogP) is 3.00. The van der Waals surface area contributed by atoms with Crippen molar-refractivity contribution >= 4 is 21.8 Å². The third-order valence-corrected chi connectivity index (χ3v) is 3.18. The highest BCUT2D eigenvalue weighted by molar-refractivity contribution is 9.10. The van der Waals surface area contributed by atoms with Crippen LogP contribution in [0.5, 0.6) is 5.75 Å². The number of ether oxygens (including phenoxy) is 1. The van der Waals surface area contributed by atoms with E-state index in [1.807, 2.05) is 19.1 Å². The summed E-state index contributed by atoms with van der Waals surface area (Å²) in [4.78, 5) is 0. The monoisotopic (exact) mass is 282 g/mol. The van der Waals surface area contributed by atoms with Crippen LogP contribution >= 0.6 is 15.9 Å². The van der Waals surface area contributed by atoms with Crippen molar-refractivity contribution in [3.05, 3.63) is 28.2 Å². The number of anilines is 1. The van der Waals surface area contributed by atoms with Crippen LogP contribution in [-0.2, 0) is 0 Å². The molecule has 1 aromatic heterocycles. The summed E-state index contributed by atoms with van der Waals surface area (Å²) in [5, 5.41) is 3.89. The molecule has 0 radical (unpaired) electrons. The molecule has 0 aliphatic carbocycles. The molecular formula is C11H11BrN2O2. The van der Waals surface area contributed by atoms with Gasteiger partial charge in [0.05, 0.1) is 7.11 Å². The van der Waals surface area contributed by atoms with Crippen molar-refractivity contribution in [2.24, 2.45) is 0 Å². The maximum Gasteiger partial charge on any atom is 0.222 e. The van der Waals surface area contributed by atoms with Crippen molar-refractivity contribution in [2.45, 2.75) is 6.92 Å². The predicted molar refractivity (Wildman–Crippen MR) is 65.3 cm³/mol. The number of benzene rings is 1. The molecule has 0 saturated heterocycles. The van der Waals surface area contributed by atoms with Gasteiger partial charge >= 0.3 is 0 Å². The Morgan fingerprint density at radius 3 is 2.69 bits per heavy atom. The second-order valence-corrected chi connectivity index (χ2v) is 4.25. The molecule has 5 heteroatoms. The van der Waals surface area contributed by atoms with Gasteiger partial charge in [0.25, 0.3) is 0 Å². The Bertz CT molecular complexity index is 523. The number of hydrogen-bond donors (Lipinski definition) is 1. The highest BCUT2D eigenvalue weighted by Gasteiger charge is 2.11. The quantitative estimate of drug-likeness (QED) is 0.920. The molecule has 0 unspecified atom stereocenters. The van der Waals surface area contributed by atoms with Crippen LogP contribution < -0.4 is 10.5 Å². The summed E-state index contributed by atoms with van der Waals surface area (Å²) in [5.41, 5.74) is 8.21. The van der Waals surface area contributed by atoms with Gasteiger partial charge in [-0.2, -0.15) is 0 Å². The van der Waals surface area contributed by atoms with Crippen LogP contribution in [0.25, 0.3) is 11.3 Å². The van der Waals surface area contributed by atoms with Crippen LogP contribution in [0.3, 0.4) is 0 Å². The van der Waals surface area contributed by atoms with Gasteiger partial charge in [-0.25, -0.2) is 0 Å². The van der Waals surface area contributed by atoms with Gasteiger partial charge in [0.2, 0.25) is 5.88 Å². The Balaban J connectivity index is 2.59. The van der Waals surface area contributed by atoms with Gasteiger partial charge < -0.3 is 15.0 Å². The molecule has 1 heterocycles. The Morgan fingerprint density at radius 2 is 2.12 bits per heavy atom. The Labute approximate surface area is 102 Å². The molecule has 84 valence electrons. The summed E-state index contributed by atoms with van der Waals surface area (Å²) in [6.45, 7) is 1.99. The summed E-state index contributed by atoms with van der Waals surface area (Å²) in [5.74, 6) is 1.06. The first-order valence-electron chi connectivity index (χ1n) is 4.68. The normalized spacial score (nSPS) is 10.4. The van der Waals surface area contributed by atoms with Crippen LogP contribution in [-0.4, -0.2) is 12.3 Å². The second kappa shape index (κ2) is 4.17. The number of rotatable bonds is 2. The molecule has 0 atom stereocenters. The summed E-state index contributed by atoms with van der Waals surface area (Å²) in [6, 6.07) is 5.49. The molecule has 0 aliphatic heterocycles. The lowest BCUT2D eigenvalue weighted by Gasteiger charge is -2.08. The smallest absolute Gasteiger partial charge is 0.222 e. The lowest BCUT2D eigenvalue weighted by Crippen LogP contribution is -1.89. The summed E-state index contributed by atoms with van der Waals surface area (Å²) < 4.78 is 11.0. The van der Waals surface area contributed by atoms with Crippen LogP contribution in [0.2, 0.25) is 0 Å². The Hall–Kier alpha value is -1.49. The average molecular weight is 283 g/mol. The van der Waals surface area contributed by atoms with Crippen LogP contribution in [0.15, 0.2) is 27.2 Å². The van der Waals surface area contributed by atoms with Crippen molar-refractivity contribution in [1.29, 1.82) is 0 Å². The first-order valence-corrected chi connectivity index (χ1v) is 5.48. The maximum atomic E-state index is 5.50. The van der Waals surface area contributed by atoms with E-state index in [1.165, 1.54) is 0 Å². The fourth-order valence-electron chi connectivity index (χ4n) is 1.45. The lowest BCUT2D eigenvalue weighted by atomic mass is 10.1. The molecule has 0 aliphatic rings. The topological polar surface area (TPSA) is 61.3 Å². The zero-order chi connectivity index (χ0) is 11.7. The van der Waals surface area contributed by atoms with E-state index < -0.39 is 0 Å². The highest BCUT2D eigenvalue weighted by atomic mass is 79.9. The van der Waals surface area contributed by atoms with Gasteiger partial charge in [0.15, 0.2) is 0 Å². The second-order valence-electron chi connectivity index (χ2n) is 3.40. The van der Waals surface area contributed by atoms with Gasteiger partial charge in [-0.3, -0.25) is 0 Å². The van der Waals surface area contributed by atoms with E-state index >= 15 is 0 Å². The minimum atomic E-state index is 0.299. The number of halogens is 1. The number of aromatic nitrogens is 1. The van der Waals surface area contributed by atoms with Gasteiger partial charge in [0.1, 0.15) is 11.4 Å². The molecule has 0 amide bonds. The number of nitrogens with zero attached hydrogens (tertiary/aromatic N) is 1. The van der Waals surface area contributed by atoms with Crippen molar-refractivity contribution < 1.29 is 9.26 Å². The molecule has 16 heavy (non-hydrogen) atoms. The van der Waals surface area contributed by atoms with Crippen LogP contribution in [0, 0.1) is 6.92 Å². The van der Waals surface area contributed by atoms with Crippen LogP contribution in [0.4, 0.5) is 5.88 Å². The Morgan fingerprint density at radius 1 is 1.38 bits per heavy atom. The van der Waals surface area contributed by atoms with Gasteiger partial charge in [-0.05, 0) is 24.6 Å². The number of methoxy groups -OCH3 is 1. The molecular weight excluding hydrogens is 272 g/mol. The third kappa shape index (κ3) is 1.90. The summed E-state index contributed by atoms with van der Waals surface area (Å²) >= 11 is 3.47. The van der Waals surface area contributed by atoms with Crippen molar-refractivity contribution in [3.63, 3.8) is 0 Å². The standard InChI is InChI=1S/C11H11BrN2O2/c1-6-8(10-5-11(13)16-14-10)3-7(15-2)4-9(6)12/h3-5H,13H2,1-2H3. The molecule has 0 spiro atoms. The van der Waals surface area contributed by atoms with E-state index in [1.54, 1.807) is 13.2 Å². The van der Waals surface area contributed by atoms with E-state index in [4.69, 9.17) is 15.0 Å². The zero-order valence-electron chi connectivity index (χ0n) is 8.95. The number of nitrogens with two attached hydrogens (primary N) is 1. The zero-order valence-corrected chi connectivity index (χ0v) is 10.5.